The molecule has 0 aromatic carbocycles. The summed E-state index contributed by atoms with van der Waals surface area (Å²) in [4.78, 5) is 2.63. The van der Waals surface area contributed by atoms with Crippen molar-refractivity contribution in [1.82, 2.24) is 10.2 Å². The van der Waals surface area contributed by atoms with Gasteiger partial charge in [0.2, 0.25) is 0 Å². The highest BCUT2D eigenvalue weighted by molar-refractivity contribution is 7.98. The third-order valence-corrected chi connectivity index (χ3v) is 5.03. The molecule has 3 heteroatoms. The van der Waals surface area contributed by atoms with Gasteiger partial charge in [-0.05, 0) is 71.0 Å². The van der Waals surface area contributed by atoms with Gasteiger partial charge < -0.3 is 10.2 Å². The van der Waals surface area contributed by atoms with E-state index in [0.717, 1.165) is 18.1 Å². The second-order valence-electron chi connectivity index (χ2n) is 5.76. The molecule has 0 aromatic rings. The topological polar surface area (TPSA) is 15.3 Å². The minimum absolute atomic E-state index is 0.739. The van der Waals surface area contributed by atoms with Crippen molar-refractivity contribution in [2.45, 2.75) is 70.5 Å². The van der Waals surface area contributed by atoms with Crippen LogP contribution in [0.5, 0.6) is 0 Å². The number of nitrogens with zero attached hydrogens (tertiary/aromatic N) is 1. The summed E-state index contributed by atoms with van der Waals surface area (Å²) in [7, 11) is 2.33. The highest BCUT2D eigenvalue weighted by Gasteiger charge is 2.25. The average molecular weight is 273 g/mol. The van der Waals surface area contributed by atoms with Gasteiger partial charge in [0.15, 0.2) is 0 Å². The molecule has 18 heavy (non-hydrogen) atoms. The van der Waals surface area contributed by atoms with Gasteiger partial charge in [-0.3, -0.25) is 0 Å². The Hall–Kier alpha value is 0.270. The third kappa shape index (κ3) is 5.50. The van der Waals surface area contributed by atoms with Gasteiger partial charge in [-0.2, -0.15) is 11.8 Å². The Bertz CT molecular complexity index is 203. The Morgan fingerprint density at radius 2 is 1.94 bits per heavy atom. The zero-order valence-corrected chi connectivity index (χ0v) is 13.6. The van der Waals surface area contributed by atoms with E-state index in [-0.39, 0.29) is 0 Å². The third-order valence-electron chi connectivity index (χ3n) is 4.39. The molecule has 1 unspecified atom stereocenters. The summed E-state index contributed by atoms with van der Waals surface area (Å²) in [6.07, 6.45) is 10.3. The van der Waals surface area contributed by atoms with E-state index >= 15 is 0 Å². The van der Waals surface area contributed by atoms with Crippen molar-refractivity contribution in [2.75, 3.05) is 25.6 Å². The minimum Gasteiger partial charge on any atom is -0.314 e. The van der Waals surface area contributed by atoms with E-state index < -0.39 is 0 Å². The van der Waals surface area contributed by atoms with Crippen LogP contribution < -0.4 is 5.32 Å². The van der Waals surface area contributed by atoms with E-state index in [0.29, 0.717) is 0 Å². The molecule has 1 rings (SSSR count). The SMILES string of the molecule is CCCNC1CCC(N(C)C(C)CCSC)CC1. The normalized spacial score (nSPS) is 26.5. The molecule has 1 atom stereocenters. The molecule has 1 saturated carbocycles. The van der Waals surface area contributed by atoms with Crippen LogP contribution in [0.25, 0.3) is 0 Å². The molecule has 0 radical (unpaired) electrons. The Labute approximate surface area is 118 Å². The quantitative estimate of drug-likeness (QED) is 0.729. The van der Waals surface area contributed by atoms with E-state index in [2.05, 4.69) is 37.4 Å². The lowest BCUT2D eigenvalue weighted by atomic mass is 9.89. The van der Waals surface area contributed by atoms with Crippen molar-refractivity contribution in [3.63, 3.8) is 0 Å². The van der Waals surface area contributed by atoms with Crippen LogP contribution in [-0.2, 0) is 0 Å². The van der Waals surface area contributed by atoms with Crippen LogP contribution in [0, 0.1) is 0 Å². The first kappa shape index (κ1) is 16.3. The maximum absolute atomic E-state index is 3.67. The average Bonchev–Trinajstić information content (AvgIpc) is 2.42. The summed E-state index contributed by atoms with van der Waals surface area (Å²) >= 11 is 1.97. The number of hydrogen-bond acceptors (Lipinski definition) is 3. The van der Waals surface area contributed by atoms with Crippen molar-refractivity contribution in [3.8, 4) is 0 Å². The summed E-state index contributed by atoms with van der Waals surface area (Å²) in [5.74, 6) is 1.29. The summed E-state index contributed by atoms with van der Waals surface area (Å²) < 4.78 is 0. The number of rotatable bonds is 8. The van der Waals surface area contributed by atoms with Gasteiger partial charge in [0.25, 0.3) is 0 Å². The van der Waals surface area contributed by atoms with E-state index in [1.165, 1.54) is 50.8 Å². The smallest absolute Gasteiger partial charge is 0.00961 e. The fraction of sp³-hybridized carbons (Fsp3) is 1.00. The first-order valence-electron chi connectivity index (χ1n) is 7.63. The van der Waals surface area contributed by atoms with Crippen molar-refractivity contribution in [3.05, 3.63) is 0 Å². The largest absolute Gasteiger partial charge is 0.314 e. The van der Waals surface area contributed by atoms with Gasteiger partial charge in [0, 0.05) is 18.1 Å². The molecule has 1 N–H and O–H groups in total. The van der Waals surface area contributed by atoms with E-state index in [9.17, 15) is 0 Å². The molecule has 0 spiro atoms. The van der Waals surface area contributed by atoms with E-state index in [1.807, 2.05) is 11.8 Å². The molecule has 1 aliphatic carbocycles. The zero-order chi connectivity index (χ0) is 13.4. The first-order chi connectivity index (χ1) is 8.69. The maximum Gasteiger partial charge on any atom is 0.00961 e. The Kier molecular flexibility index (Phi) is 8.36. The molecule has 1 aliphatic rings. The summed E-state index contributed by atoms with van der Waals surface area (Å²) in [5.41, 5.74) is 0. The lowest BCUT2D eigenvalue weighted by Crippen LogP contribution is -2.44. The summed E-state index contributed by atoms with van der Waals surface area (Å²) in [5, 5.41) is 3.67. The molecule has 0 aliphatic heterocycles. The summed E-state index contributed by atoms with van der Waals surface area (Å²) in [6, 6.07) is 2.35. The van der Waals surface area contributed by atoms with Crippen LogP contribution in [0.3, 0.4) is 0 Å². The monoisotopic (exact) mass is 272 g/mol. The molecule has 0 saturated heterocycles. The van der Waals surface area contributed by atoms with Crippen molar-refractivity contribution < 1.29 is 0 Å². The predicted molar refractivity (Wildman–Crippen MR) is 84.6 cm³/mol. The highest BCUT2D eigenvalue weighted by atomic mass is 32.2. The summed E-state index contributed by atoms with van der Waals surface area (Å²) in [6.45, 7) is 5.83. The predicted octanol–water partition coefficient (Wildman–Crippen LogP) is 3.37. The molecule has 0 aromatic heterocycles. The van der Waals surface area contributed by atoms with Gasteiger partial charge in [0.1, 0.15) is 0 Å². The molecule has 108 valence electrons. The second-order valence-corrected chi connectivity index (χ2v) is 6.74. The first-order valence-corrected chi connectivity index (χ1v) is 9.02. The van der Waals surface area contributed by atoms with Crippen LogP contribution in [0.2, 0.25) is 0 Å². The Balaban J connectivity index is 2.24. The number of hydrogen-bond donors (Lipinski definition) is 1. The van der Waals surface area contributed by atoms with Crippen LogP contribution in [0.1, 0.15) is 52.4 Å². The molecule has 0 amide bonds. The van der Waals surface area contributed by atoms with Crippen molar-refractivity contribution in [2.24, 2.45) is 0 Å². The lowest BCUT2D eigenvalue weighted by Gasteiger charge is -2.38. The number of thioether (sulfide) groups is 1. The maximum atomic E-state index is 3.67. The minimum atomic E-state index is 0.739. The van der Waals surface area contributed by atoms with Gasteiger partial charge in [0.05, 0.1) is 0 Å². The Morgan fingerprint density at radius 1 is 1.28 bits per heavy atom. The van der Waals surface area contributed by atoms with E-state index in [4.69, 9.17) is 0 Å². The molecular formula is C15H32N2S. The van der Waals surface area contributed by atoms with Gasteiger partial charge >= 0.3 is 0 Å². The fourth-order valence-electron chi connectivity index (χ4n) is 2.89. The molecular weight excluding hydrogens is 240 g/mol. The fourth-order valence-corrected chi connectivity index (χ4v) is 3.46. The standard InChI is InChI=1S/C15H32N2S/c1-5-11-16-14-6-8-15(9-7-14)17(3)13(2)10-12-18-4/h13-16H,5-12H2,1-4H3. The van der Waals surface area contributed by atoms with Crippen molar-refractivity contribution in [1.29, 1.82) is 0 Å². The lowest BCUT2D eigenvalue weighted by molar-refractivity contribution is 0.132. The molecule has 0 bridgehead atoms. The van der Waals surface area contributed by atoms with Crippen LogP contribution in [-0.4, -0.2) is 48.6 Å². The van der Waals surface area contributed by atoms with Crippen LogP contribution in [0.15, 0.2) is 0 Å². The Morgan fingerprint density at radius 3 is 2.50 bits per heavy atom. The number of nitrogens with one attached hydrogen (secondary N) is 1. The van der Waals surface area contributed by atoms with Gasteiger partial charge in [-0.25, -0.2) is 0 Å². The highest BCUT2D eigenvalue weighted by Crippen LogP contribution is 2.24. The zero-order valence-electron chi connectivity index (χ0n) is 12.7. The molecule has 1 fully saturated rings. The van der Waals surface area contributed by atoms with Crippen molar-refractivity contribution >= 4 is 11.8 Å². The van der Waals surface area contributed by atoms with Gasteiger partial charge in [-0.15, -0.1) is 0 Å². The van der Waals surface area contributed by atoms with E-state index in [1.54, 1.807) is 0 Å². The van der Waals surface area contributed by atoms with Gasteiger partial charge in [-0.1, -0.05) is 6.92 Å². The van der Waals surface area contributed by atoms with Crippen LogP contribution in [0.4, 0.5) is 0 Å². The second kappa shape index (κ2) is 9.22. The van der Waals surface area contributed by atoms with Crippen LogP contribution >= 0.6 is 11.8 Å². The molecule has 2 nitrogen and oxygen atoms in total. The molecule has 0 heterocycles.